The summed E-state index contributed by atoms with van der Waals surface area (Å²) in [4.78, 5) is 0. The molecule has 96 valence electrons. The zero-order valence-corrected chi connectivity index (χ0v) is 10.5. The number of hydrogen-bond donors (Lipinski definition) is 2. The zero-order valence-electron chi connectivity index (χ0n) is 9.75. The molecule has 2 aromatic rings. The summed E-state index contributed by atoms with van der Waals surface area (Å²) in [7, 11) is 0. The van der Waals surface area contributed by atoms with Crippen molar-refractivity contribution in [1.29, 1.82) is 0 Å². The van der Waals surface area contributed by atoms with Crippen LogP contribution in [0.5, 0.6) is 0 Å². The molecule has 1 aromatic heterocycles. The molecule has 18 heavy (non-hydrogen) atoms. The Morgan fingerprint density at radius 2 is 2.00 bits per heavy atom. The fraction of sp³-hybridized carbons (Fsp3) is 0.333. The number of benzene rings is 1. The monoisotopic (exact) mass is 267 g/mol. The van der Waals surface area contributed by atoms with Gasteiger partial charge in [0.2, 0.25) is 0 Å². The predicted molar refractivity (Wildman–Crippen MR) is 68.1 cm³/mol. The molecule has 1 heterocycles. The number of nitrogens with zero attached hydrogens (tertiary/aromatic N) is 3. The molecule has 2 rings (SSSR count). The summed E-state index contributed by atoms with van der Waals surface area (Å²) in [5.41, 5.74) is 1.98. The van der Waals surface area contributed by atoms with Crippen molar-refractivity contribution in [2.24, 2.45) is 0 Å². The molecule has 0 saturated heterocycles. The number of aliphatic hydroxyl groups excluding tert-OH is 2. The van der Waals surface area contributed by atoms with Gasteiger partial charge in [0, 0.05) is 18.7 Å². The third kappa shape index (κ3) is 2.53. The van der Waals surface area contributed by atoms with E-state index in [1.807, 2.05) is 18.2 Å². The van der Waals surface area contributed by atoms with E-state index in [-0.39, 0.29) is 13.2 Å². The molecule has 2 N–H and O–H groups in total. The highest BCUT2D eigenvalue weighted by Crippen LogP contribution is 2.29. The number of aromatic nitrogens is 3. The molecule has 0 atom stereocenters. The molecule has 0 radical (unpaired) electrons. The Balaban J connectivity index is 2.47. The van der Waals surface area contributed by atoms with Gasteiger partial charge in [0.25, 0.3) is 0 Å². The highest BCUT2D eigenvalue weighted by Gasteiger charge is 2.16. The second kappa shape index (κ2) is 5.95. The van der Waals surface area contributed by atoms with Crippen LogP contribution in [0, 0.1) is 0 Å². The average Bonchev–Trinajstić information content (AvgIpc) is 2.79. The second-order valence-electron chi connectivity index (χ2n) is 3.82. The molecule has 0 bridgehead atoms. The fourth-order valence-corrected chi connectivity index (χ4v) is 2.01. The topological polar surface area (TPSA) is 71.2 Å². The quantitative estimate of drug-likeness (QED) is 0.861. The smallest absolute Gasteiger partial charge is 0.116 e. The summed E-state index contributed by atoms with van der Waals surface area (Å²) in [5.74, 6) is 0. The minimum atomic E-state index is -0.195. The van der Waals surface area contributed by atoms with Crippen molar-refractivity contribution in [3.8, 4) is 11.3 Å². The van der Waals surface area contributed by atoms with E-state index in [0.717, 1.165) is 5.56 Å². The van der Waals surface area contributed by atoms with Crippen molar-refractivity contribution in [2.45, 2.75) is 19.6 Å². The maximum Gasteiger partial charge on any atom is 0.116 e. The first-order valence-electron chi connectivity index (χ1n) is 5.67. The minimum Gasteiger partial charge on any atom is -0.396 e. The number of aliphatic hydroxyl groups is 2. The molecule has 0 amide bonds. The minimum absolute atomic E-state index is 0.0796. The molecular weight excluding hydrogens is 254 g/mol. The Hall–Kier alpha value is -1.43. The first-order valence-corrected chi connectivity index (χ1v) is 6.04. The Morgan fingerprint density at radius 3 is 2.67 bits per heavy atom. The van der Waals surface area contributed by atoms with Crippen LogP contribution in [-0.4, -0.2) is 31.8 Å². The van der Waals surface area contributed by atoms with Gasteiger partial charge in [-0.1, -0.05) is 35.0 Å². The second-order valence-corrected chi connectivity index (χ2v) is 4.23. The molecule has 0 aliphatic rings. The summed E-state index contributed by atoms with van der Waals surface area (Å²) < 4.78 is 1.66. The third-order valence-corrected chi connectivity index (χ3v) is 2.94. The Bertz CT molecular complexity index is 528. The van der Waals surface area contributed by atoms with Gasteiger partial charge in [0.05, 0.1) is 17.3 Å². The lowest BCUT2D eigenvalue weighted by Gasteiger charge is -2.08. The van der Waals surface area contributed by atoms with Gasteiger partial charge in [-0.15, -0.1) is 5.10 Å². The van der Waals surface area contributed by atoms with Gasteiger partial charge in [-0.2, -0.15) is 0 Å². The number of rotatable bonds is 5. The van der Waals surface area contributed by atoms with Crippen molar-refractivity contribution in [3.63, 3.8) is 0 Å². The Labute approximate surface area is 110 Å². The van der Waals surface area contributed by atoms with Gasteiger partial charge in [0.15, 0.2) is 0 Å². The number of halogens is 1. The molecule has 5 nitrogen and oxygen atoms in total. The standard InChI is InChI=1S/C12H14ClN3O2/c13-10-5-2-1-4-9(10)12-11(8-18)14-15-16(12)6-3-7-17/h1-2,4-5,17-18H,3,6-8H2. The van der Waals surface area contributed by atoms with Gasteiger partial charge >= 0.3 is 0 Å². The van der Waals surface area contributed by atoms with Crippen LogP contribution in [0.4, 0.5) is 0 Å². The zero-order chi connectivity index (χ0) is 13.0. The lowest BCUT2D eigenvalue weighted by Crippen LogP contribution is -2.05. The average molecular weight is 268 g/mol. The fourth-order valence-electron chi connectivity index (χ4n) is 1.78. The van der Waals surface area contributed by atoms with Crippen LogP contribution >= 0.6 is 11.6 Å². The van der Waals surface area contributed by atoms with E-state index >= 15 is 0 Å². The summed E-state index contributed by atoms with van der Waals surface area (Å²) in [6.07, 6.45) is 0.575. The van der Waals surface area contributed by atoms with Crippen LogP contribution in [0.1, 0.15) is 12.1 Å². The summed E-state index contributed by atoms with van der Waals surface area (Å²) in [6, 6.07) is 7.34. The van der Waals surface area contributed by atoms with E-state index in [9.17, 15) is 5.11 Å². The predicted octanol–water partition coefficient (Wildman–Crippen LogP) is 1.47. The third-order valence-electron chi connectivity index (χ3n) is 2.61. The van der Waals surface area contributed by atoms with Crippen LogP contribution in [0.3, 0.4) is 0 Å². The highest BCUT2D eigenvalue weighted by atomic mass is 35.5. The Morgan fingerprint density at radius 1 is 1.22 bits per heavy atom. The van der Waals surface area contributed by atoms with Crippen LogP contribution in [0.2, 0.25) is 5.02 Å². The van der Waals surface area contributed by atoms with Crippen LogP contribution in [-0.2, 0) is 13.2 Å². The maximum absolute atomic E-state index is 9.30. The van der Waals surface area contributed by atoms with Crippen molar-refractivity contribution in [2.75, 3.05) is 6.61 Å². The van der Waals surface area contributed by atoms with Gasteiger partial charge < -0.3 is 10.2 Å². The Kier molecular flexibility index (Phi) is 4.30. The van der Waals surface area contributed by atoms with Crippen molar-refractivity contribution >= 4 is 11.6 Å². The van der Waals surface area contributed by atoms with Crippen molar-refractivity contribution < 1.29 is 10.2 Å². The molecule has 0 fully saturated rings. The first kappa shape index (κ1) is 13.0. The largest absolute Gasteiger partial charge is 0.396 e. The summed E-state index contributed by atoms with van der Waals surface area (Å²) in [6.45, 7) is 0.417. The normalized spacial score (nSPS) is 10.8. The molecule has 1 aromatic carbocycles. The van der Waals surface area contributed by atoms with Crippen LogP contribution in [0.15, 0.2) is 24.3 Å². The molecule has 6 heteroatoms. The molecular formula is C12H14ClN3O2. The SMILES string of the molecule is OCCCn1nnc(CO)c1-c1ccccc1Cl. The van der Waals surface area contributed by atoms with Gasteiger partial charge in [-0.3, -0.25) is 0 Å². The van der Waals surface area contributed by atoms with E-state index in [0.29, 0.717) is 29.4 Å². The number of hydrogen-bond acceptors (Lipinski definition) is 4. The van der Waals surface area contributed by atoms with Crippen molar-refractivity contribution in [3.05, 3.63) is 35.0 Å². The van der Waals surface area contributed by atoms with Gasteiger partial charge in [-0.05, 0) is 12.5 Å². The highest BCUT2D eigenvalue weighted by molar-refractivity contribution is 6.33. The summed E-state index contributed by atoms with van der Waals surface area (Å²) >= 11 is 6.15. The van der Waals surface area contributed by atoms with E-state index in [2.05, 4.69) is 10.3 Å². The van der Waals surface area contributed by atoms with Crippen molar-refractivity contribution in [1.82, 2.24) is 15.0 Å². The molecule has 0 spiro atoms. The molecule has 0 saturated carbocycles. The van der Waals surface area contributed by atoms with E-state index in [1.54, 1.807) is 10.7 Å². The lowest BCUT2D eigenvalue weighted by atomic mass is 10.1. The summed E-state index contributed by atoms with van der Waals surface area (Å²) in [5, 5.41) is 26.7. The first-order chi connectivity index (χ1) is 8.77. The number of aryl methyl sites for hydroxylation is 1. The van der Waals surface area contributed by atoms with Crippen LogP contribution in [0.25, 0.3) is 11.3 Å². The molecule has 0 aliphatic carbocycles. The van der Waals surface area contributed by atoms with Gasteiger partial charge in [0.1, 0.15) is 5.69 Å². The van der Waals surface area contributed by atoms with Crippen LogP contribution < -0.4 is 0 Å². The van der Waals surface area contributed by atoms with E-state index < -0.39 is 0 Å². The maximum atomic E-state index is 9.30. The lowest BCUT2D eigenvalue weighted by molar-refractivity contribution is 0.276. The molecule has 0 unspecified atom stereocenters. The van der Waals surface area contributed by atoms with E-state index in [1.165, 1.54) is 0 Å². The molecule has 0 aliphatic heterocycles. The van der Waals surface area contributed by atoms with Gasteiger partial charge in [-0.25, -0.2) is 4.68 Å². The van der Waals surface area contributed by atoms with E-state index in [4.69, 9.17) is 16.7 Å².